The molecule has 0 aliphatic heterocycles. The second-order valence-corrected chi connectivity index (χ2v) is 5.42. The van der Waals surface area contributed by atoms with Gasteiger partial charge in [0, 0.05) is 17.9 Å². The molecule has 0 radical (unpaired) electrons. The van der Waals surface area contributed by atoms with Crippen LogP contribution in [0.1, 0.15) is 5.56 Å². The summed E-state index contributed by atoms with van der Waals surface area (Å²) in [7, 11) is -3.61. The van der Waals surface area contributed by atoms with Gasteiger partial charge in [-0.3, -0.25) is 14.9 Å². The van der Waals surface area contributed by atoms with Crippen LogP contribution >= 0.6 is 0 Å². The predicted octanol–water partition coefficient (Wildman–Crippen LogP) is -0.102. The molecule has 0 aromatic heterocycles. The smallest absolute Gasteiger partial charge is 0.278 e. The number of nitro groups is 1. The molecule has 0 fully saturated rings. The number of carbonyl (C=O) groups excluding carboxylic acids is 1. The molecular formula is C10H8NO6S-. The van der Waals surface area contributed by atoms with Crippen molar-refractivity contribution in [3.63, 3.8) is 0 Å². The first-order chi connectivity index (χ1) is 8.31. The molecule has 0 unspecified atom stereocenters. The number of nitrogens with zero attached hydrogens (tertiary/aromatic N) is 1. The monoisotopic (exact) mass is 270 g/mol. The van der Waals surface area contributed by atoms with E-state index < -0.39 is 26.0 Å². The van der Waals surface area contributed by atoms with Crippen molar-refractivity contribution in [3.8, 4) is 0 Å². The van der Waals surface area contributed by atoms with Crippen LogP contribution in [0.5, 0.6) is 0 Å². The first-order valence-corrected chi connectivity index (χ1v) is 6.46. The highest BCUT2D eigenvalue weighted by Gasteiger charge is 2.20. The lowest BCUT2D eigenvalue weighted by Gasteiger charge is -2.06. The van der Waals surface area contributed by atoms with Crippen molar-refractivity contribution < 1.29 is 23.2 Å². The van der Waals surface area contributed by atoms with E-state index in [0.29, 0.717) is 0 Å². The van der Waals surface area contributed by atoms with Crippen LogP contribution < -0.4 is 5.11 Å². The van der Waals surface area contributed by atoms with E-state index in [1.54, 1.807) is 0 Å². The summed E-state index contributed by atoms with van der Waals surface area (Å²) in [5.41, 5.74) is -1.23. The molecule has 0 spiro atoms. The van der Waals surface area contributed by atoms with Gasteiger partial charge in [-0.2, -0.15) is 0 Å². The molecule has 0 amide bonds. The van der Waals surface area contributed by atoms with Crippen molar-refractivity contribution in [1.29, 1.82) is 0 Å². The normalized spacial score (nSPS) is 12.2. The van der Waals surface area contributed by atoms with Gasteiger partial charge < -0.3 is 5.11 Å². The molecule has 0 N–H and O–H groups in total. The van der Waals surface area contributed by atoms with E-state index in [-0.39, 0.29) is 23.0 Å². The van der Waals surface area contributed by atoms with Crippen molar-refractivity contribution in [2.45, 2.75) is 4.90 Å². The highest BCUT2D eigenvalue weighted by molar-refractivity contribution is 7.90. The summed E-state index contributed by atoms with van der Waals surface area (Å²) in [5, 5.41) is 21.4. The Morgan fingerprint density at radius 3 is 2.39 bits per heavy atom. The number of rotatable bonds is 4. The average molecular weight is 270 g/mol. The van der Waals surface area contributed by atoms with Crippen LogP contribution in [-0.2, 0) is 14.6 Å². The maximum Gasteiger partial charge on any atom is 0.278 e. The summed E-state index contributed by atoms with van der Waals surface area (Å²) < 4.78 is 22.5. The summed E-state index contributed by atoms with van der Waals surface area (Å²) >= 11 is 0. The molecule has 0 bridgehead atoms. The maximum absolute atomic E-state index is 11.3. The number of hydrogen-bond acceptors (Lipinski definition) is 6. The quantitative estimate of drug-likeness (QED) is 0.248. The number of benzene rings is 1. The highest BCUT2D eigenvalue weighted by Crippen LogP contribution is 2.27. The third-order valence-corrected chi connectivity index (χ3v) is 3.27. The molecule has 96 valence electrons. The van der Waals surface area contributed by atoms with E-state index in [9.17, 15) is 28.4 Å². The van der Waals surface area contributed by atoms with Crippen molar-refractivity contribution in [1.82, 2.24) is 0 Å². The fraction of sp³-hybridized carbons (Fsp3) is 0.100. The Morgan fingerprint density at radius 2 is 2.00 bits per heavy atom. The summed E-state index contributed by atoms with van der Waals surface area (Å²) in [6, 6.07) is 2.98. The largest absolute Gasteiger partial charge is 0.877 e. The van der Waals surface area contributed by atoms with E-state index in [4.69, 9.17) is 0 Å². The van der Waals surface area contributed by atoms with Gasteiger partial charge in [0.1, 0.15) is 6.29 Å². The third-order valence-electron chi connectivity index (χ3n) is 2.16. The molecule has 0 saturated carbocycles. The molecule has 8 heteroatoms. The maximum atomic E-state index is 11.3. The van der Waals surface area contributed by atoms with Gasteiger partial charge in [-0.1, -0.05) is 0 Å². The van der Waals surface area contributed by atoms with E-state index in [0.717, 1.165) is 24.5 Å². The summed E-state index contributed by atoms with van der Waals surface area (Å²) in [4.78, 5) is 20.3. The zero-order valence-corrected chi connectivity index (χ0v) is 10.0. The summed E-state index contributed by atoms with van der Waals surface area (Å²) in [6.45, 7) is 0. The second-order valence-electron chi connectivity index (χ2n) is 3.40. The Bertz CT molecular complexity index is 632. The van der Waals surface area contributed by atoms with Gasteiger partial charge >= 0.3 is 0 Å². The fourth-order valence-corrected chi connectivity index (χ4v) is 1.93. The highest BCUT2D eigenvalue weighted by atomic mass is 32.2. The number of hydrogen-bond donors (Lipinski definition) is 0. The molecule has 7 nitrogen and oxygen atoms in total. The molecule has 0 saturated heterocycles. The predicted molar refractivity (Wildman–Crippen MR) is 60.2 cm³/mol. The third kappa shape index (κ3) is 2.72. The first kappa shape index (κ1) is 13.8. The number of nitro benzene ring substituents is 1. The van der Waals surface area contributed by atoms with Gasteiger partial charge in [-0.05, 0) is 12.1 Å². The lowest BCUT2D eigenvalue weighted by molar-refractivity contribution is -0.385. The van der Waals surface area contributed by atoms with Gasteiger partial charge in [0.15, 0.2) is 9.84 Å². The van der Waals surface area contributed by atoms with E-state index in [2.05, 4.69) is 0 Å². The number of sulfone groups is 1. The van der Waals surface area contributed by atoms with Gasteiger partial charge in [-0.15, -0.1) is 6.26 Å². The Morgan fingerprint density at radius 1 is 1.39 bits per heavy atom. The number of carbonyl (C=O) groups is 1. The lowest BCUT2D eigenvalue weighted by atomic mass is 10.1. The minimum absolute atomic E-state index is 0.176. The minimum Gasteiger partial charge on any atom is -0.877 e. The van der Waals surface area contributed by atoms with Crippen LogP contribution in [0.3, 0.4) is 0 Å². The second kappa shape index (κ2) is 4.96. The molecule has 18 heavy (non-hydrogen) atoms. The number of aldehydes is 1. The molecule has 0 aliphatic carbocycles. The first-order valence-electron chi connectivity index (χ1n) is 4.57. The Labute approximate surface area is 102 Å². The molecular weight excluding hydrogens is 262 g/mol. The molecule has 1 aromatic carbocycles. The van der Waals surface area contributed by atoms with Crippen LogP contribution in [0.2, 0.25) is 0 Å². The van der Waals surface area contributed by atoms with Crippen molar-refractivity contribution >= 4 is 27.4 Å². The van der Waals surface area contributed by atoms with Crippen molar-refractivity contribution in [2.24, 2.45) is 0 Å². The summed E-state index contributed by atoms with van der Waals surface area (Å²) in [6.07, 6.45) is 1.25. The van der Waals surface area contributed by atoms with E-state index in [1.165, 1.54) is 0 Å². The molecule has 0 atom stereocenters. The van der Waals surface area contributed by atoms with Crippen LogP contribution in [0.4, 0.5) is 5.69 Å². The van der Waals surface area contributed by atoms with E-state index >= 15 is 0 Å². The molecule has 1 aromatic rings. The van der Waals surface area contributed by atoms with Gasteiger partial charge in [0.2, 0.25) is 0 Å². The van der Waals surface area contributed by atoms with Gasteiger partial charge in [0.05, 0.1) is 15.4 Å². The molecule has 0 aliphatic rings. The van der Waals surface area contributed by atoms with Crippen LogP contribution in [0.15, 0.2) is 29.4 Å². The standard InChI is InChI=1S/C10H9NO6S/c1-18(16,17)8-2-3-9(7(5-12)6-13)10(4-8)11(14)15/h2-6,12H,1H3/p-1/b7-5-. The number of allylic oxidation sites excluding steroid dienone is 1. The zero-order chi connectivity index (χ0) is 13.9. The van der Waals surface area contributed by atoms with Crippen LogP contribution in [0, 0.1) is 10.1 Å². The van der Waals surface area contributed by atoms with Gasteiger partial charge in [0.25, 0.3) is 5.69 Å². The van der Waals surface area contributed by atoms with E-state index in [1.807, 2.05) is 0 Å². The minimum atomic E-state index is -3.61. The Hall–Kier alpha value is -2.22. The topological polar surface area (TPSA) is 117 Å². The SMILES string of the molecule is CS(=O)(=O)c1ccc(/C(C=O)=C\[O-])c([N+](=O)[O-])c1. The zero-order valence-electron chi connectivity index (χ0n) is 9.19. The van der Waals surface area contributed by atoms with Gasteiger partial charge in [-0.25, -0.2) is 8.42 Å². The Kier molecular flexibility index (Phi) is 3.82. The lowest BCUT2D eigenvalue weighted by Crippen LogP contribution is -2.03. The van der Waals surface area contributed by atoms with Crippen LogP contribution in [0.25, 0.3) is 5.57 Å². The summed E-state index contributed by atoms with van der Waals surface area (Å²) in [5.74, 6) is 0. The average Bonchev–Trinajstić information content (AvgIpc) is 2.29. The van der Waals surface area contributed by atoms with Crippen molar-refractivity contribution in [3.05, 3.63) is 40.1 Å². The fourth-order valence-electron chi connectivity index (χ4n) is 1.29. The van der Waals surface area contributed by atoms with Crippen LogP contribution in [-0.4, -0.2) is 25.9 Å². The molecule has 1 rings (SSSR count). The van der Waals surface area contributed by atoms with Crippen molar-refractivity contribution in [2.75, 3.05) is 6.26 Å². The Balaban J connectivity index is 3.58. The molecule has 0 heterocycles.